The Morgan fingerprint density at radius 3 is 2.73 bits per heavy atom. The number of benzene rings is 3. The SMILES string of the molecule is C=CCOc1cccc([C@@H]2/C(=C(\O)c3ccc4c(c3)OCCO4)C(=O)C(=O)N2c2nc3c(C)cc(C)cc3s2)c1. The number of amides is 1. The molecule has 9 heteroatoms. The van der Waals surface area contributed by atoms with Crippen molar-refractivity contribution in [2.45, 2.75) is 19.9 Å². The van der Waals surface area contributed by atoms with Gasteiger partial charge in [0.2, 0.25) is 0 Å². The van der Waals surface area contributed by atoms with Gasteiger partial charge in [-0.2, -0.15) is 0 Å². The number of aliphatic hydroxyl groups excluding tert-OH is 1. The van der Waals surface area contributed by atoms with Gasteiger partial charge in [0.05, 0.1) is 21.8 Å². The number of aryl methyl sites for hydroxylation is 2. The molecule has 1 atom stereocenters. The van der Waals surface area contributed by atoms with Crippen molar-refractivity contribution < 1.29 is 28.9 Å². The van der Waals surface area contributed by atoms with Gasteiger partial charge in [0.15, 0.2) is 16.6 Å². The number of hydrogen-bond acceptors (Lipinski definition) is 8. The van der Waals surface area contributed by atoms with Crippen molar-refractivity contribution in [2.24, 2.45) is 0 Å². The number of nitrogens with zero attached hydrogens (tertiary/aromatic N) is 2. The minimum Gasteiger partial charge on any atom is -0.507 e. The number of anilines is 1. The molecular weight excluding hydrogens is 528 g/mol. The molecule has 40 heavy (non-hydrogen) atoms. The molecule has 2 aliphatic heterocycles. The molecule has 3 aromatic carbocycles. The van der Waals surface area contributed by atoms with Gasteiger partial charge >= 0.3 is 5.91 Å². The zero-order valence-corrected chi connectivity index (χ0v) is 22.8. The number of rotatable bonds is 6. The van der Waals surface area contributed by atoms with Gasteiger partial charge < -0.3 is 19.3 Å². The molecule has 0 radical (unpaired) electrons. The van der Waals surface area contributed by atoms with Gasteiger partial charge in [-0.3, -0.25) is 14.5 Å². The second kappa shape index (κ2) is 10.2. The van der Waals surface area contributed by atoms with Crippen LogP contribution in [0, 0.1) is 13.8 Å². The number of fused-ring (bicyclic) bond motifs is 2. The van der Waals surface area contributed by atoms with Crippen LogP contribution in [0.1, 0.15) is 28.3 Å². The monoisotopic (exact) mass is 554 g/mol. The molecule has 4 aromatic rings. The first-order chi connectivity index (χ1) is 19.4. The van der Waals surface area contributed by atoms with E-state index in [0.717, 1.165) is 21.3 Å². The Morgan fingerprint density at radius 1 is 1.12 bits per heavy atom. The van der Waals surface area contributed by atoms with Crippen molar-refractivity contribution in [3.63, 3.8) is 0 Å². The molecule has 1 aromatic heterocycles. The van der Waals surface area contributed by atoms with Gasteiger partial charge in [-0.05, 0) is 66.9 Å². The summed E-state index contributed by atoms with van der Waals surface area (Å²) in [6.45, 7) is 8.74. The normalized spacial score (nSPS) is 17.9. The van der Waals surface area contributed by atoms with E-state index in [2.05, 4.69) is 6.58 Å². The maximum Gasteiger partial charge on any atom is 0.301 e. The minimum atomic E-state index is -0.942. The van der Waals surface area contributed by atoms with Crippen molar-refractivity contribution in [3.8, 4) is 17.2 Å². The number of ketones is 1. The molecule has 2 aliphatic rings. The van der Waals surface area contributed by atoms with E-state index >= 15 is 0 Å². The lowest BCUT2D eigenvalue weighted by atomic mass is 9.95. The fourth-order valence-corrected chi connectivity index (χ4v) is 6.25. The summed E-state index contributed by atoms with van der Waals surface area (Å²) < 4.78 is 17.9. The Hall–Kier alpha value is -4.63. The maximum absolute atomic E-state index is 13.7. The molecule has 0 spiro atoms. The van der Waals surface area contributed by atoms with Gasteiger partial charge in [-0.15, -0.1) is 0 Å². The van der Waals surface area contributed by atoms with Crippen molar-refractivity contribution in [2.75, 3.05) is 24.7 Å². The van der Waals surface area contributed by atoms with Crippen LogP contribution in [0.5, 0.6) is 17.2 Å². The topological polar surface area (TPSA) is 98.2 Å². The summed E-state index contributed by atoms with van der Waals surface area (Å²) in [5.74, 6) is -0.340. The molecule has 1 saturated heterocycles. The van der Waals surface area contributed by atoms with Crippen LogP contribution in [0.25, 0.3) is 16.0 Å². The van der Waals surface area contributed by atoms with Crippen molar-refractivity contribution in [1.29, 1.82) is 0 Å². The molecule has 3 heterocycles. The van der Waals surface area contributed by atoms with Gasteiger partial charge in [0, 0.05) is 5.56 Å². The summed E-state index contributed by atoms with van der Waals surface area (Å²) in [7, 11) is 0. The van der Waals surface area contributed by atoms with E-state index in [1.54, 1.807) is 48.5 Å². The van der Waals surface area contributed by atoms with E-state index in [-0.39, 0.29) is 17.9 Å². The van der Waals surface area contributed by atoms with E-state index in [4.69, 9.17) is 19.2 Å². The largest absolute Gasteiger partial charge is 0.507 e. The quantitative estimate of drug-likeness (QED) is 0.138. The van der Waals surface area contributed by atoms with E-state index in [0.29, 0.717) is 46.7 Å². The molecule has 202 valence electrons. The van der Waals surface area contributed by atoms with Crippen molar-refractivity contribution in [3.05, 3.63) is 95.1 Å². The Morgan fingerprint density at radius 2 is 1.93 bits per heavy atom. The molecule has 0 aliphatic carbocycles. The highest BCUT2D eigenvalue weighted by molar-refractivity contribution is 7.22. The number of aliphatic hydroxyl groups is 1. The average molecular weight is 555 g/mol. The van der Waals surface area contributed by atoms with Gasteiger partial charge in [0.1, 0.15) is 31.3 Å². The summed E-state index contributed by atoms with van der Waals surface area (Å²) in [4.78, 5) is 33.5. The Balaban J connectivity index is 1.54. The standard InChI is InChI=1S/C31H26N2O6S/c1-4-10-37-21-7-5-6-19(15-21)27-25(28(34)20-8-9-22-23(16-20)39-12-11-38-22)29(35)30(36)33(27)31-32-26-18(3)13-17(2)14-24(26)40-31/h4-9,13-16,27,34H,1,10-12H2,2-3H3/b28-25+/t27-/m1/s1. The first kappa shape index (κ1) is 25.6. The second-order valence-corrected chi connectivity index (χ2v) is 10.6. The van der Waals surface area contributed by atoms with Crippen LogP contribution >= 0.6 is 11.3 Å². The van der Waals surface area contributed by atoms with Gasteiger partial charge in [0.25, 0.3) is 5.78 Å². The van der Waals surface area contributed by atoms with Gasteiger partial charge in [-0.25, -0.2) is 4.98 Å². The van der Waals surface area contributed by atoms with Crippen LogP contribution in [-0.4, -0.2) is 41.6 Å². The van der Waals surface area contributed by atoms with E-state index < -0.39 is 17.7 Å². The lowest BCUT2D eigenvalue weighted by Crippen LogP contribution is -2.29. The van der Waals surface area contributed by atoms with Crippen LogP contribution in [0.3, 0.4) is 0 Å². The highest BCUT2D eigenvalue weighted by Gasteiger charge is 2.48. The Bertz CT molecular complexity index is 1720. The predicted octanol–water partition coefficient (Wildman–Crippen LogP) is 5.88. The zero-order chi connectivity index (χ0) is 28.0. The fraction of sp³-hybridized carbons (Fsp3) is 0.194. The molecule has 1 N–H and O–H groups in total. The number of hydrogen-bond donors (Lipinski definition) is 1. The fourth-order valence-electron chi connectivity index (χ4n) is 5.08. The predicted molar refractivity (Wildman–Crippen MR) is 153 cm³/mol. The lowest BCUT2D eigenvalue weighted by Gasteiger charge is -2.23. The minimum absolute atomic E-state index is 0.0466. The smallest absolute Gasteiger partial charge is 0.301 e. The second-order valence-electron chi connectivity index (χ2n) is 9.62. The molecule has 0 saturated carbocycles. The maximum atomic E-state index is 13.7. The summed E-state index contributed by atoms with van der Waals surface area (Å²) in [6, 6.07) is 15.1. The summed E-state index contributed by atoms with van der Waals surface area (Å²) in [5.41, 5.74) is 3.69. The summed E-state index contributed by atoms with van der Waals surface area (Å²) in [6.07, 6.45) is 1.63. The molecule has 0 unspecified atom stereocenters. The molecule has 8 nitrogen and oxygen atoms in total. The third-order valence-electron chi connectivity index (χ3n) is 6.83. The molecular formula is C31H26N2O6S. The van der Waals surface area contributed by atoms with Crippen LogP contribution in [-0.2, 0) is 9.59 Å². The third kappa shape index (κ3) is 4.38. The number of ether oxygens (including phenoxy) is 3. The van der Waals surface area contributed by atoms with Gasteiger partial charge in [-0.1, -0.05) is 42.2 Å². The molecule has 1 amide bonds. The highest BCUT2D eigenvalue weighted by Crippen LogP contribution is 2.46. The first-order valence-corrected chi connectivity index (χ1v) is 13.6. The van der Waals surface area contributed by atoms with Crippen molar-refractivity contribution >= 4 is 44.1 Å². The van der Waals surface area contributed by atoms with Crippen molar-refractivity contribution in [1.82, 2.24) is 4.98 Å². The lowest BCUT2D eigenvalue weighted by molar-refractivity contribution is -0.132. The third-order valence-corrected chi connectivity index (χ3v) is 7.83. The van der Waals surface area contributed by atoms with E-state index in [1.807, 2.05) is 26.0 Å². The first-order valence-electron chi connectivity index (χ1n) is 12.8. The highest BCUT2D eigenvalue weighted by atomic mass is 32.1. The van der Waals surface area contributed by atoms with Crippen LogP contribution in [0.2, 0.25) is 0 Å². The molecule has 0 bridgehead atoms. The number of aromatic nitrogens is 1. The average Bonchev–Trinajstić information content (AvgIpc) is 3.49. The van der Waals surface area contributed by atoms with Crippen LogP contribution in [0.15, 0.2) is 72.8 Å². The zero-order valence-electron chi connectivity index (χ0n) is 22.0. The molecule has 6 rings (SSSR count). The Kier molecular flexibility index (Phi) is 6.51. The molecule has 1 fully saturated rings. The number of carbonyl (C=O) groups is 2. The number of carbonyl (C=O) groups excluding carboxylic acids is 2. The van der Waals surface area contributed by atoms with E-state index in [1.165, 1.54) is 16.2 Å². The number of Topliss-reactive ketones (excluding diaryl/α,β-unsaturated/α-hetero) is 1. The van der Waals surface area contributed by atoms with E-state index in [9.17, 15) is 14.7 Å². The summed E-state index contributed by atoms with van der Waals surface area (Å²) in [5, 5.41) is 11.9. The Labute approximate surface area is 234 Å². The summed E-state index contributed by atoms with van der Waals surface area (Å²) >= 11 is 1.33. The number of thiazole rings is 1. The van der Waals surface area contributed by atoms with Crippen LogP contribution < -0.4 is 19.1 Å². The van der Waals surface area contributed by atoms with Crippen LogP contribution in [0.4, 0.5) is 5.13 Å².